The monoisotopic (exact) mass is 641 g/mol. The summed E-state index contributed by atoms with van der Waals surface area (Å²) < 4.78 is 12.2. The standard InChI is InChI=1S/C33H67N3O4.2ClH/c1-3-5-7-9-11-13-15-17-19-21-28-39-31(30(37)24-23-25-34)32(33(38)36-27-26-35)40-29-22-20-18-16-14-12-10-8-6-4-2;;/h31-32H,3-29,34-35H2,1-2H3,(H,36,38);2*1H/t31-,32+;;/m0../s1. The van der Waals surface area contributed by atoms with Crippen molar-refractivity contribution in [1.29, 1.82) is 0 Å². The number of unbranched alkanes of at least 4 members (excludes halogenated alkanes) is 18. The minimum absolute atomic E-state index is 0. The molecule has 42 heavy (non-hydrogen) atoms. The molecule has 0 radical (unpaired) electrons. The summed E-state index contributed by atoms with van der Waals surface area (Å²) in [6, 6.07) is 0. The summed E-state index contributed by atoms with van der Waals surface area (Å²) in [5, 5.41) is 2.89. The van der Waals surface area contributed by atoms with Crippen molar-refractivity contribution in [3.8, 4) is 0 Å². The number of ether oxygens (including phenoxy) is 2. The first-order chi connectivity index (χ1) is 19.6. The van der Waals surface area contributed by atoms with Crippen molar-refractivity contribution in [1.82, 2.24) is 5.32 Å². The van der Waals surface area contributed by atoms with Crippen LogP contribution in [-0.4, -0.2) is 56.7 Å². The third-order valence-corrected chi connectivity index (χ3v) is 7.59. The molecule has 0 aliphatic heterocycles. The number of Topliss-reactive ketones (excluding diaryl/α,β-unsaturated/α-hetero) is 1. The Morgan fingerprint density at radius 2 is 0.929 bits per heavy atom. The van der Waals surface area contributed by atoms with Crippen molar-refractivity contribution >= 4 is 11.7 Å². The Bertz CT molecular complexity index is 525. The summed E-state index contributed by atoms with van der Waals surface area (Å²) in [6.45, 7) is 7.21. The van der Waals surface area contributed by atoms with Crippen LogP contribution in [-0.2, 0) is 19.1 Å². The van der Waals surface area contributed by atoms with Crippen LogP contribution in [0, 0.1) is 0 Å². The lowest BCUT2D eigenvalue weighted by molar-refractivity contribution is -0.368. The Kier molecular flexibility index (Phi) is 40.2. The molecule has 2 atom stereocenters. The van der Waals surface area contributed by atoms with E-state index in [0.717, 1.165) is 25.7 Å². The zero-order valence-electron chi connectivity index (χ0n) is 27.5. The topological polar surface area (TPSA) is 120 Å². The molecule has 1 amide bonds. The second kappa shape index (κ2) is 36.8. The van der Waals surface area contributed by atoms with Crippen LogP contribution in [0.25, 0.3) is 0 Å². The summed E-state index contributed by atoms with van der Waals surface area (Å²) in [5.74, 6) is -0.305. The summed E-state index contributed by atoms with van der Waals surface area (Å²) in [7, 11) is 0. The molecule has 0 spiro atoms. The first-order valence-corrected chi connectivity index (χ1v) is 17.2. The van der Waals surface area contributed by atoms with E-state index in [1.807, 2.05) is 0 Å². The Morgan fingerprint density at radius 3 is 1.31 bits per heavy atom. The van der Waals surface area contributed by atoms with Gasteiger partial charge in [0.15, 0.2) is 18.0 Å². The third-order valence-electron chi connectivity index (χ3n) is 7.59. The lowest BCUT2D eigenvalue weighted by atomic mass is 10.0. The van der Waals surface area contributed by atoms with Crippen molar-refractivity contribution in [3.05, 3.63) is 0 Å². The zero-order valence-corrected chi connectivity index (χ0v) is 29.1. The molecular weight excluding hydrogens is 573 g/mol. The van der Waals surface area contributed by atoms with Gasteiger partial charge in [0.25, 0.3) is 5.91 Å². The third kappa shape index (κ3) is 28.3. The SMILES string of the molecule is CCCCCCCCCCCCO[C@@H](C(=O)CCC[NH3+])[C@@H](OCCCCCCCCCCCC)C(=O)NCC[NH3+].[Cl-].[Cl-]. The van der Waals surface area contributed by atoms with Crippen LogP contribution in [0.5, 0.6) is 0 Å². The number of hydrogen-bond acceptors (Lipinski definition) is 4. The number of ketones is 1. The molecule has 0 saturated heterocycles. The number of halogens is 2. The largest absolute Gasteiger partial charge is 1.00 e. The van der Waals surface area contributed by atoms with E-state index in [2.05, 4.69) is 30.6 Å². The predicted octanol–water partition coefficient (Wildman–Crippen LogP) is -0.444. The van der Waals surface area contributed by atoms with Crippen LogP contribution in [0.1, 0.15) is 155 Å². The van der Waals surface area contributed by atoms with Crippen molar-refractivity contribution in [3.63, 3.8) is 0 Å². The molecule has 0 aromatic carbocycles. The molecule has 0 unspecified atom stereocenters. The number of carbonyl (C=O) groups excluding carboxylic acids is 2. The quantitative estimate of drug-likeness (QED) is 0.0863. The maximum absolute atomic E-state index is 13.1. The van der Waals surface area contributed by atoms with Crippen LogP contribution in [0.2, 0.25) is 0 Å². The number of carbonyl (C=O) groups is 2. The predicted molar refractivity (Wildman–Crippen MR) is 166 cm³/mol. The van der Waals surface area contributed by atoms with E-state index in [1.165, 1.54) is 103 Å². The van der Waals surface area contributed by atoms with E-state index in [-0.39, 0.29) is 36.5 Å². The molecule has 0 aromatic heterocycles. The Balaban J connectivity index is -0.00000760. The summed E-state index contributed by atoms with van der Waals surface area (Å²) in [5.41, 5.74) is 7.69. The van der Waals surface area contributed by atoms with Crippen molar-refractivity contribution in [2.24, 2.45) is 0 Å². The number of rotatable bonds is 32. The van der Waals surface area contributed by atoms with Crippen LogP contribution >= 0.6 is 0 Å². The smallest absolute Gasteiger partial charge is 0.252 e. The van der Waals surface area contributed by atoms with Gasteiger partial charge in [0.1, 0.15) is 0 Å². The molecule has 254 valence electrons. The van der Waals surface area contributed by atoms with Crippen molar-refractivity contribution in [2.45, 2.75) is 167 Å². The highest BCUT2D eigenvalue weighted by molar-refractivity contribution is 5.92. The Labute approximate surface area is 272 Å². The molecule has 0 aromatic rings. The average Bonchev–Trinajstić information content (AvgIpc) is 2.96. The molecule has 9 heteroatoms. The number of hydrogen-bond donors (Lipinski definition) is 3. The first kappa shape index (κ1) is 46.0. The highest BCUT2D eigenvalue weighted by atomic mass is 35.5. The highest BCUT2D eigenvalue weighted by Crippen LogP contribution is 2.15. The molecule has 7 N–H and O–H groups in total. The molecule has 7 nitrogen and oxygen atoms in total. The normalized spacial score (nSPS) is 12.3. The fraction of sp³-hybridized carbons (Fsp3) is 0.939. The highest BCUT2D eigenvalue weighted by Gasteiger charge is 2.35. The van der Waals surface area contributed by atoms with Gasteiger partial charge in [-0.25, -0.2) is 0 Å². The first-order valence-electron chi connectivity index (χ1n) is 17.2. The maximum Gasteiger partial charge on any atom is 0.252 e. The lowest BCUT2D eigenvalue weighted by Gasteiger charge is -2.26. The second-order valence-corrected chi connectivity index (χ2v) is 11.5. The van der Waals surface area contributed by atoms with Gasteiger partial charge in [0, 0.05) is 26.1 Å². The van der Waals surface area contributed by atoms with Crippen LogP contribution in [0.3, 0.4) is 0 Å². The molecule has 0 rings (SSSR count). The Hall–Kier alpha value is -0.440. The Morgan fingerprint density at radius 1 is 0.548 bits per heavy atom. The lowest BCUT2D eigenvalue weighted by Crippen LogP contribution is -3.00. The second-order valence-electron chi connectivity index (χ2n) is 11.5. The minimum Gasteiger partial charge on any atom is -1.00 e. The van der Waals surface area contributed by atoms with E-state index in [9.17, 15) is 9.59 Å². The number of quaternary nitrogens is 2. The molecule has 0 bridgehead atoms. The van der Waals surface area contributed by atoms with E-state index < -0.39 is 12.2 Å². The zero-order chi connectivity index (χ0) is 29.5. The van der Waals surface area contributed by atoms with E-state index >= 15 is 0 Å². The fourth-order valence-electron chi connectivity index (χ4n) is 5.00. The maximum atomic E-state index is 13.1. The molecule has 0 aliphatic rings. The van der Waals surface area contributed by atoms with E-state index in [4.69, 9.17) is 9.47 Å². The van der Waals surface area contributed by atoms with Crippen molar-refractivity contribution in [2.75, 3.05) is 32.8 Å². The summed E-state index contributed by atoms with van der Waals surface area (Å²) >= 11 is 0. The van der Waals surface area contributed by atoms with Gasteiger partial charge >= 0.3 is 0 Å². The minimum atomic E-state index is -0.898. The van der Waals surface area contributed by atoms with Gasteiger partial charge in [-0.2, -0.15) is 0 Å². The molecule has 0 aliphatic carbocycles. The number of amides is 1. The van der Waals surface area contributed by atoms with E-state index in [0.29, 0.717) is 45.7 Å². The molecule has 0 heterocycles. The molecule has 0 fully saturated rings. The van der Waals surface area contributed by atoms with Crippen LogP contribution in [0.15, 0.2) is 0 Å². The van der Waals surface area contributed by atoms with Gasteiger partial charge in [0.2, 0.25) is 0 Å². The van der Waals surface area contributed by atoms with E-state index in [1.54, 1.807) is 0 Å². The summed E-state index contributed by atoms with van der Waals surface area (Å²) in [6.07, 6.45) is 24.2. The molecular formula is C33H69Cl2N3O4. The fourth-order valence-corrected chi connectivity index (χ4v) is 5.00. The van der Waals surface area contributed by atoms with Gasteiger partial charge in [0.05, 0.1) is 19.6 Å². The van der Waals surface area contributed by atoms with Gasteiger partial charge in [-0.1, -0.05) is 129 Å². The van der Waals surface area contributed by atoms with Crippen LogP contribution < -0.4 is 41.6 Å². The van der Waals surface area contributed by atoms with Gasteiger partial charge in [-0.05, 0) is 12.8 Å². The average molecular weight is 643 g/mol. The van der Waals surface area contributed by atoms with Crippen LogP contribution in [0.4, 0.5) is 0 Å². The number of nitrogens with one attached hydrogen (secondary N) is 1. The van der Waals surface area contributed by atoms with Crippen molar-refractivity contribution < 1.29 is 55.3 Å². The van der Waals surface area contributed by atoms with Gasteiger partial charge < -0.3 is 51.1 Å². The van der Waals surface area contributed by atoms with Gasteiger partial charge in [-0.3, -0.25) is 9.59 Å². The summed E-state index contributed by atoms with van der Waals surface area (Å²) in [4.78, 5) is 26.1. The van der Waals surface area contributed by atoms with Gasteiger partial charge in [-0.15, -0.1) is 0 Å². The molecule has 0 saturated carbocycles.